The van der Waals surface area contributed by atoms with Gasteiger partial charge < -0.3 is 19.2 Å². The van der Waals surface area contributed by atoms with E-state index >= 15 is 0 Å². The lowest BCUT2D eigenvalue weighted by molar-refractivity contribution is -0.200. The van der Waals surface area contributed by atoms with E-state index in [4.69, 9.17) is 14.2 Å². The van der Waals surface area contributed by atoms with Crippen LogP contribution in [0.15, 0.2) is 24.5 Å². The van der Waals surface area contributed by atoms with Crippen LogP contribution < -0.4 is 4.74 Å². The van der Waals surface area contributed by atoms with Crippen molar-refractivity contribution in [3.05, 3.63) is 35.8 Å². The first-order valence-corrected chi connectivity index (χ1v) is 7.51. The van der Waals surface area contributed by atoms with Gasteiger partial charge in [-0.3, -0.25) is 4.98 Å². The van der Waals surface area contributed by atoms with E-state index in [1.165, 1.54) is 7.11 Å². The Morgan fingerprint density at radius 2 is 2.17 bits per heavy atom. The van der Waals surface area contributed by atoms with Crippen LogP contribution in [0.1, 0.15) is 29.9 Å². The molecule has 1 saturated heterocycles. The van der Waals surface area contributed by atoms with E-state index < -0.39 is 11.6 Å². The summed E-state index contributed by atoms with van der Waals surface area (Å²) in [4.78, 5) is 19.3. The number of rotatable bonds is 2. The number of fused-ring (bicyclic) bond motifs is 3. The largest absolute Gasteiger partial charge is 0.480 e. The molecule has 0 aromatic carbocycles. The van der Waals surface area contributed by atoms with Crippen LogP contribution in [0, 0.1) is 5.41 Å². The van der Waals surface area contributed by atoms with Crippen LogP contribution in [-0.4, -0.2) is 36.3 Å². The lowest BCUT2D eigenvalue weighted by Crippen LogP contribution is -2.58. The molecule has 2 aromatic rings. The maximum atomic E-state index is 12.0. The number of nitrogens with one attached hydrogen (secondary N) is 1. The number of esters is 1. The van der Waals surface area contributed by atoms with Crippen LogP contribution in [-0.2, 0) is 15.1 Å². The second-order valence-corrected chi connectivity index (χ2v) is 6.52. The zero-order valence-corrected chi connectivity index (χ0v) is 13.3. The average Bonchev–Trinajstić information content (AvgIpc) is 2.98. The first kappa shape index (κ1) is 14.3. The number of H-pyrrole nitrogens is 1. The molecule has 0 saturated carbocycles. The molecule has 1 fully saturated rings. The Hall–Kier alpha value is -2.34. The van der Waals surface area contributed by atoms with Crippen LogP contribution in [0.4, 0.5) is 0 Å². The van der Waals surface area contributed by atoms with Gasteiger partial charge in [0, 0.05) is 17.3 Å². The van der Waals surface area contributed by atoms with E-state index in [0.717, 1.165) is 16.8 Å². The van der Waals surface area contributed by atoms with Crippen LogP contribution in [0.2, 0.25) is 0 Å². The summed E-state index contributed by atoms with van der Waals surface area (Å²) in [7, 11) is 1.37. The van der Waals surface area contributed by atoms with Crippen molar-refractivity contribution in [2.24, 2.45) is 5.41 Å². The van der Waals surface area contributed by atoms with Gasteiger partial charge in [-0.15, -0.1) is 0 Å². The van der Waals surface area contributed by atoms with Crippen LogP contribution >= 0.6 is 0 Å². The number of ether oxygens (including phenoxy) is 3. The third kappa shape index (κ3) is 1.78. The normalized spacial score (nSPS) is 24.0. The second kappa shape index (κ2) is 4.58. The Bertz CT molecular complexity index is 794. The van der Waals surface area contributed by atoms with Crippen molar-refractivity contribution in [2.75, 3.05) is 20.3 Å². The predicted molar refractivity (Wildman–Crippen MR) is 82.3 cm³/mol. The standard InChI is InChI=1S/C17H18N2O4/c1-16(8-22-9-16)17(2)11-6-12(15(20)21-3)19-14(11)10-4-5-18-7-13(10)23-17/h4-7,19H,8-9H2,1-3H3. The predicted octanol–water partition coefficient (Wildman–Crippen LogP) is 2.51. The SMILES string of the molecule is COC(=O)c1cc2c([nH]1)-c1ccncc1OC2(C)C1(C)COC1. The molecule has 120 valence electrons. The molecule has 0 spiro atoms. The van der Waals surface area contributed by atoms with Crippen molar-refractivity contribution < 1.29 is 19.0 Å². The molecular formula is C17H18N2O4. The average molecular weight is 314 g/mol. The molecule has 4 rings (SSSR count). The van der Waals surface area contributed by atoms with Crippen LogP contribution in [0.3, 0.4) is 0 Å². The smallest absolute Gasteiger partial charge is 0.354 e. The third-order valence-corrected chi connectivity index (χ3v) is 5.10. The van der Waals surface area contributed by atoms with Crippen molar-refractivity contribution in [3.63, 3.8) is 0 Å². The van der Waals surface area contributed by atoms with Gasteiger partial charge in [0.2, 0.25) is 0 Å². The minimum atomic E-state index is -0.612. The molecule has 6 heteroatoms. The molecule has 23 heavy (non-hydrogen) atoms. The highest BCUT2D eigenvalue weighted by Gasteiger charge is 2.56. The maximum absolute atomic E-state index is 12.0. The lowest BCUT2D eigenvalue weighted by Gasteiger charge is -2.52. The Morgan fingerprint density at radius 3 is 2.83 bits per heavy atom. The maximum Gasteiger partial charge on any atom is 0.354 e. The number of carbonyl (C=O) groups excluding carboxylic acids is 1. The first-order chi connectivity index (χ1) is 11.0. The summed E-state index contributed by atoms with van der Waals surface area (Å²) >= 11 is 0. The highest BCUT2D eigenvalue weighted by molar-refractivity contribution is 5.90. The van der Waals surface area contributed by atoms with Gasteiger partial charge >= 0.3 is 5.97 Å². The Labute approximate surface area is 133 Å². The van der Waals surface area contributed by atoms with E-state index in [9.17, 15) is 4.79 Å². The summed E-state index contributed by atoms with van der Waals surface area (Å²) in [5, 5.41) is 0. The number of aromatic nitrogens is 2. The number of nitrogens with zero attached hydrogens (tertiary/aromatic N) is 1. The van der Waals surface area contributed by atoms with E-state index in [2.05, 4.69) is 16.9 Å². The molecule has 2 aliphatic rings. The molecular weight excluding hydrogens is 296 g/mol. The third-order valence-electron chi connectivity index (χ3n) is 5.10. The minimum Gasteiger partial charge on any atom is -0.480 e. The number of methoxy groups -OCH3 is 1. The fourth-order valence-electron chi connectivity index (χ4n) is 3.34. The second-order valence-electron chi connectivity index (χ2n) is 6.52. The summed E-state index contributed by atoms with van der Waals surface area (Å²) in [5.74, 6) is 0.307. The Kier molecular flexibility index (Phi) is 2.84. The van der Waals surface area contributed by atoms with Crippen LogP contribution in [0.5, 0.6) is 5.75 Å². The van der Waals surface area contributed by atoms with E-state index in [-0.39, 0.29) is 5.41 Å². The molecule has 0 aliphatic carbocycles. The quantitative estimate of drug-likeness (QED) is 0.862. The van der Waals surface area contributed by atoms with Crippen molar-refractivity contribution in [3.8, 4) is 17.0 Å². The number of aromatic amines is 1. The molecule has 6 nitrogen and oxygen atoms in total. The summed E-state index contributed by atoms with van der Waals surface area (Å²) < 4.78 is 16.7. The highest BCUT2D eigenvalue weighted by Crippen LogP contribution is 2.54. The van der Waals surface area contributed by atoms with Gasteiger partial charge in [-0.1, -0.05) is 6.92 Å². The summed E-state index contributed by atoms with van der Waals surface area (Å²) in [6.07, 6.45) is 3.42. The topological polar surface area (TPSA) is 73.4 Å². The van der Waals surface area contributed by atoms with Crippen molar-refractivity contribution in [1.29, 1.82) is 0 Å². The molecule has 1 unspecified atom stereocenters. The molecule has 2 aliphatic heterocycles. The molecule has 0 bridgehead atoms. The van der Waals surface area contributed by atoms with Crippen molar-refractivity contribution >= 4 is 5.97 Å². The molecule has 1 N–H and O–H groups in total. The molecule has 0 radical (unpaired) electrons. The summed E-state index contributed by atoms with van der Waals surface area (Å²) in [5.41, 5.74) is 2.35. The van der Waals surface area contributed by atoms with Gasteiger partial charge in [0.05, 0.1) is 37.6 Å². The monoisotopic (exact) mass is 314 g/mol. The zero-order chi connectivity index (χ0) is 16.2. The fourth-order valence-corrected chi connectivity index (χ4v) is 3.34. The van der Waals surface area contributed by atoms with E-state index in [0.29, 0.717) is 24.7 Å². The number of hydrogen-bond acceptors (Lipinski definition) is 5. The summed E-state index contributed by atoms with van der Waals surface area (Å²) in [6, 6.07) is 3.71. The molecule has 0 amide bonds. The van der Waals surface area contributed by atoms with Gasteiger partial charge in [0.1, 0.15) is 17.0 Å². The van der Waals surface area contributed by atoms with E-state index in [1.54, 1.807) is 12.4 Å². The fraction of sp³-hybridized carbons (Fsp3) is 0.412. The summed E-state index contributed by atoms with van der Waals surface area (Å²) in [6.45, 7) is 5.39. The lowest BCUT2D eigenvalue weighted by atomic mass is 9.67. The van der Waals surface area contributed by atoms with Gasteiger partial charge in [0.25, 0.3) is 0 Å². The number of carbonyl (C=O) groups is 1. The molecule has 4 heterocycles. The zero-order valence-electron chi connectivity index (χ0n) is 13.3. The number of pyridine rings is 1. The minimum absolute atomic E-state index is 0.176. The van der Waals surface area contributed by atoms with Gasteiger partial charge in [-0.2, -0.15) is 0 Å². The van der Waals surface area contributed by atoms with Crippen molar-refractivity contribution in [2.45, 2.75) is 19.4 Å². The van der Waals surface area contributed by atoms with Gasteiger partial charge in [-0.05, 0) is 19.1 Å². The van der Waals surface area contributed by atoms with Gasteiger partial charge in [0.15, 0.2) is 0 Å². The highest BCUT2D eigenvalue weighted by atomic mass is 16.5. The Morgan fingerprint density at radius 1 is 1.39 bits per heavy atom. The number of hydrogen-bond donors (Lipinski definition) is 1. The van der Waals surface area contributed by atoms with Gasteiger partial charge in [-0.25, -0.2) is 4.79 Å². The van der Waals surface area contributed by atoms with E-state index in [1.807, 2.05) is 19.1 Å². The van der Waals surface area contributed by atoms with Crippen molar-refractivity contribution in [1.82, 2.24) is 9.97 Å². The Balaban J connectivity index is 1.94. The first-order valence-electron chi connectivity index (χ1n) is 7.51. The molecule has 1 atom stereocenters. The van der Waals surface area contributed by atoms with Crippen LogP contribution in [0.25, 0.3) is 11.3 Å². The molecule has 2 aromatic heterocycles.